The first-order valence-corrected chi connectivity index (χ1v) is 6.69. The lowest BCUT2D eigenvalue weighted by Crippen LogP contribution is -2.02. The molecule has 0 heterocycles. The molecular weight excluding hydrogens is 325 g/mol. The van der Waals surface area contributed by atoms with Gasteiger partial charge in [-0.2, -0.15) is 0 Å². The lowest BCUT2D eigenvalue weighted by molar-refractivity contribution is -0.425. The maximum Gasteiger partial charge on any atom is 0.251 e. The lowest BCUT2D eigenvalue weighted by Gasteiger charge is -2.01. The van der Waals surface area contributed by atoms with Gasteiger partial charge in [0.05, 0.1) is 11.3 Å². The maximum atomic E-state index is 13.7. The Hall–Kier alpha value is -2.01. The monoisotopic (exact) mass is 335 g/mol. The molecule has 0 unspecified atom stereocenters. The van der Waals surface area contributed by atoms with Gasteiger partial charge >= 0.3 is 0 Å². The summed E-state index contributed by atoms with van der Waals surface area (Å²) in [6.07, 6.45) is 1.43. The van der Waals surface area contributed by atoms with Crippen LogP contribution in [0.2, 0.25) is 0 Å². The summed E-state index contributed by atoms with van der Waals surface area (Å²) in [5.74, 6) is -0.494. The van der Waals surface area contributed by atoms with Crippen LogP contribution >= 0.6 is 15.9 Å². The van der Waals surface area contributed by atoms with Crippen LogP contribution in [0.15, 0.2) is 58.7 Å². The van der Waals surface area contributed by atoms with E-state index in [-0.39, 0.29) is 17.7 Å². The second-order valence-electron chi connectivity index (χ2n) is 4.22. The van der Waals surface area contributed by atoms with Gasteiger partial charge in [-0.05, 0) is 17.7 Å². The van der Waals surface area contributed by atoms with Gasteiger partial charge in [-0.3, -0.25) is 10.1 Å². The van der Waals surface area contributed by atoms with Crippen molar-refractivity contribution in [1.29, 1.82) is 0 Å². The van der Waals surface area contributed by atoms with Crippen molar-refractivity contribution in [2.24, 2.45) is 0 Å². The zero-order valence-electron chi connectivity index (χ0n) is 10.4. The van der Waals surface area contributed by atoms with E-state index >= 15 is 0 Å². The first-order chi connectivity index (χ1) is 9.56. The average Bonchev–Trinajstić information content (AvgIpc) is 2.42. The number of hydrogen-bond donors (Lipinski definition) is 0. The fourth-order valence-electron chi connectivity index (χ4n) is 1.77. The van der Waals surface area contributed by atoms with E-state index in [1.165, 1.54) is 18.2 Å². The molecule has 0 spiro atoms. The van der Waals surface area contributed by atoms with Crippen molar-refractivity contribution in [1.82, 2.24) is 0 Å². The highest BCUT2D eigenvalue weighted by atomic mass is 79.9. The van der Waals surface area contributed by atoms with Crippen molar-refractivity contribution < 1.29 is 9.31 Å². The predicted molar refractivity (Wildman–Crippen MR) is 79.2 cm³/mol. The number of allylic oxidation sites excluding steroid dienone is 1. The Morgan fingerprint density at radius 1 is 1.25 bits per heavy atom. The Kier molecular flexibility index (Phi) is 4.63. The molecule has 0 bridgehead atoms. The van der Waals surface area contributed by atoms with E-state index in [9.17, 15) is 14.5 Å². The van der Waals surface area contributed by atoms with Crippen molar-refractivity contribution in [3.05, 3.63) is 85.8 Å². The van der Waals surface area contributed by atoms with Crippen molar-refractivity contribution >= 4 is 22.0 Å². The van der Waals surface area contributed by atoms with E-state index in [1.54, 1.807) is 18.2 Å². The standard InChI is InChI=1S/C15H11BrFNO2/c16-13-7-6-12(15(17)10-13)9-14(18(19)20)8-11-4-2-1-3-5-11/h1-7,9-10H,8H2. The molecule has 5 heteroatoms. The molecule has 102 valence electrons. The molecule has 0 aliphatic heterocycles. The van der Waals surface area contributed by atoms with Crippen molar-refractivity contribution in [2.75, 3.05) is 0 Å². The van der Waals surface area contributed by atoms with Crippen molar-refractivity contribution in [3.8, 4) is 0 Å². The molecule has 0 amide bonds. The van der Waals surface area contributed by atoms with Gasteiger partial charge in [0.2, 0.25) is 0 Å². The summed E-state index contributed by atoms with van der Waals surface area (Å²) in [4.78, 5) is 10.6. The molecule has 0 saturated carbocycles. The van der Waals surface area contributed by atoms with Crippen LogP contribution in [0.25, 0.3) is 6.08 Å². The number of halogens is 2. The minimum absolute atomic E-state index is 0.0441. The fourth-order valence-corrected chi connectivity index (χ4v) is 2.10. The van der Waals surface area contributed by atoms with Gasteiger partial charge in [-0.15, -0.1) is 0 Å². The summed E-state index contributed by atoms with van der Waals surface area (Å²) < 4.78 is 14.3. The van der Waals surface area contributed by atoms with Gasteiger partial charge in [0.1, 0.15) is 5.82 Å². The molecule has 20 heavy (non-hydrogen) atoms. The third-order valence-corrected chi connectivity index (χ3v) is 3.24. The summed E-state index contributed by atoms with van der Waals surface area (Å²) in [6.45, 7) is 0. The molecular formula is C15H11BrFNO2. The van der Waals surface area contributed by atoms with Gasteiger partial charge in [0, 0.05) is 16.1 Å². The van der Waals surface area contributed by atoms with Crippen LogP contribution in [0.5, 0.6) is 0 Å². The van der Waals surface area contributed by atoms with E-state index < -0.39 is 10.7 Å². The third-order valence-electron chi connectivity index (χ3n) is 2.75. The van der Waals surface area contributed by atoms with Crippen LogP contribution in [0.4, 0.5) is 4.39 Å². The molecule has 2 aromatic carbocycles. The summed E-state index contributed by atoms with van der Waals surface area (Å²) in [5, 5.41) is 11.1. The predicted octanol–water partition coefficient (Wildman–Crippen LogP) is 4.45. The molecule has 3 nitrogen and oxygen atoms in total. The van der Waals surface area contributed by atoms with E-state index in [2.05, 4.69) is 15.9 Å². The highest BCUT2D eigenvalue weighted by Gasteiger charge is 2.13. The van der Waals surface area contributed by atoms with Gasteiger partial charge in [-0.1, -0.05) is 52.3 Å². The number of hydrogen-bond acceptors (Lipinski definition) is 2. The SMILES string of the molecule is O=[N+]([O-])C(=Cc1ccc(Br)cc1F)Cc1ccccc1. The minimum atomic E-state index is -0.494. The van der Waals surface area contributed by atoms with E-state index in [0.29, 0.717) is 4.47 Å². The zero-order chi connectivity index (χ0) is 14.5. The smallest absolute Gasteiger partial charge is 0.251 e. The highest BCUT2D eigenvalue weighted by Crippen LogP contribution is 2.19. The van der Waals surface area contributed by atoms with Crippen molar-refractivity contribution in [3.63, 3.8) is 0 Å². The lowest BCUT2D eigenvalue weighted by atomic mass is 10.1. The molecule has 0 N–H and O–H groups in total. The number of nitrogens with zero attached hydrogens (tertiary/aromatic N) is 1. The molecule has 0 aliphatic carbocycles. The van der Waals surface area contributed by atoms with Crippen LogP contribution < -0.4 is 0 Å². The van der Waals surface area contributed by atoms with E-state index in [4.69, 9.17) is 0 Å². The Morgan fingerprint density at radius 3 is 2.55 bits per heavy atom. The van der Waals surface area contributed by atoms with Gasteiger partial charge in [-0.25, -0.2) is 4.39 Å². The Labute approximate surface area is 124 Å². The van der Waals surface area contributed by atoms with Crippen molar-refractivity contribution in [2.45, 2.75) is 6.42 Å². The Morgan fingerprint density at radius 2 is 1.95 bits per heavy atom. The molecule has 0 radical (unpaired) electrons. The first kappa shape index (κ1) is 14.4. The van der Waals surface area contributed by atoms with Crippen LogP contribution in [0.3, 0.4) is 0 Å². The van der Waals surface area contributed by atoms with Crippen LogP contribution in [-0.4, -0.2) is 4.92 Å². The third kappa shape index (κ3) is 3.74. The molecule has 0 aromatic heterocycles. The zero-order valence-corrected chi connectivity index (χ0v) is 12.0. The summed E-state index contributed by atoms with van der Waals surface area (Å²) >= 11 is 3.15. The molecule has 0 atom stereocenters. The molecule has 0 fully saturated rings. The molecule has 2 rings (SSSR count). The quantitative estimate of drug-likeness (QED) is 0.612. The number of benzene rings is 2. The van der Waals surface area contributed by atoms with Crippen LogP contribution in [0.1, 0.15) is 11.1 Å². The molecule has 0 saturated heterocycles. The second kappa shape index (κ2) is 6.43. The average molecular weight is 336 g/mol. The first-order valence-electron chi connectivity index (χ1n) is 5.90. The van der Waals surface area contributed by atoms with Crippen LogP contribution in [0, 0.1) is 15.9 Å². The summed E-state index contributed by atoms with van der Waals surface area (Å²) in [7, 11) is 0. The number of nitro groups is 1. The summed E-state index contributed by atoms with van der Waals surface area (Å²) in [6, 6.07) is 13.5. The molecule has 2 aromatic rings. The normalized spacial score (nSPS) is 11.4. The topological polar surface area (TPSA) is 43.1 Å². The Balaban J connectivity index is 2.33. The van der Waals surface area contributed by atoms with Crippen LogP contribution in [-0.2, 0) is 6.42 Å². The van der Waals surface area contributed by atoms with Gasteiger partial charge < -0.3 is 0 Å². The minimum Gasteiger partial charge on any atom is -0.259 e. The summed E-state index contributed by atoms with van der Waals surface area (Å²) in [5.41, 5.74) is 0.973. The van der Waals surface area contributed by atoms with E-state index in [0.717, 1.165) is 5.56 Å². The highest BCUT2D eigenvalue weighted by molar-refractivity contribution is 9.10. The fraction of sp³-hybridized carbons (Fsp3) is 0.0667. The number of rotatable bonds is 4. The van der Waals surface area contributed by atoms with Gasteiger partial charge in [0.15, 0.2) is 0 Å². The molecule has 0 aliphatic rings. The Bertz CT molecular complexity index is 656. The van der Waals surface area contributed by atoms with E-state index in [1.807, 2.05) is 18.2 Å². The maximum absolute atomic E-state index is 13.7. The van der Waals surface area contributed by atoms with Gasteiger partial charge in [0.25, 0.3) is 5.70 Å². The largest absolute Gasteiger partial charge is 0.259 e. The second-order valence-corrected chi connectivity index (χ2v) is 5.14.